The smallest absolute Gasteiger partial charge is 0.0934 e. The van der Waals surface area contributed by atoms with E-state index in [-0.39, 0.29) is 0 Å². The van der Waals surface area contributed by atoms with Crippen LogP contribution in [0.3, 0.4) is 0 Å². The Morgan fingerprint density at radius 2 is 0.898 bits per heavy atom. The van der Waals surface area contributed by atoms with E-state index in [0.717, 1.165) is 83.6 Å². The van der Waals surface area contributed by atoms with Gasteiger partial charge in [0, 0.05) is 46.9 Å². The van der Waals surface area contributed by atoms with Crippen molar-refractivity contribution >= 4 is 16.4 Å². The highest BCUT2D eigenvalue weighted by atomic mass is 15.2. The molecule has 0 saturated carbocycles. The number of hydrogen-bond acceptors (Lipinski definition) is 4. The summed E-state index contributed by atoms with van der Waals surface area (Å²) in [4.78, 5) is 13.5. The highest BCUT2D eigenvalue weighted by molar-refractivity contribution is 5.85. The predicted molar refractivity (Wildman–Crippen MR) is 199 cm³/mol. The third kappa shape index (κ3) is 5.53. The van der Waals surface area contributed by atoms with Gasteiger partial charge in [-0.15, -0.1) is 0 Å². The van der Waals surface area contributed by atoms with Crippen molar-refractivity contribution in [3.8, 4) is 67.2 Å². The van der Waals surface area contributed by atoms with Gasteiger partial charge in [-0.05, 0) is 94.0 Å². The average Bonchev–Trinajstić information content (AvgIpc) is 3.64. The zero-order valence-electron chi connectivity index (χ0n) is 26.5. The lowest BCUT2D eigenvalue weighted by molar-refractivity contribution is 1.01. The third-order valence-electron chi connectivity index (χ3n) is 9.04. The minimum atomic E-state index is 0.914. The van der Waals surface area contributed by atoms with Crippen LogP contribution in [0, 0.1) is 0 Å². The Balaban J connectivity index is 1.14. The minimum absolute atomic E-state index is 0.914. The summed E-state index contributed by atoms with van der Waals surface area (Å²) in [6.07, 6.45) is 7.29. The number of pyridine rings is 4. The van der Waals surface area contributed by atoms with Crippen molar-refractivity contribution in [3.05, 3.63) is 176 Å². The van der Waals surface area contributed by atoms with Gasteiger partial charge in [0.2, 0.25) is 0 Å². The lowest BCUT2D eigenvalue weighted by atomic mass is 9.96. The van der Waals surface area contributed by atoms with Crippen molar-refractivity contribution in [1.29, 1.82) is 0 Å². The van der Waals surface area contributed by atoms with Crippen LogP contribution in [0.15, 0.2) is 176 Å². The molecule has 0 radical (unpaired) electrons. The quantitative estimate of drug-likeness (QED) is 0.184. The van der Waals surface area contributed by atoms with Gasteiger partial charge in [0.15, 0.2) is 0 Å². The fourth-order valence-electron chi connectivity index (χ4n) is 6.45. The van der Waals surface area contributed by atoms with Crippen LogP contribution < -0.4 is 0 Å². The fraction of sp³-hybridized carbons (Fsp3) is 0. The summed E-state index contributed by atoms with van der Waals surface area (Å²) in [5.41, 5.74) is 14.8. The van der Waals surface area contributed by atoms with E-state index in [4.69, 9.17) is 10.1 Å². The Kier molecular flexibility index (Phi) is 7.06. The second kappa shape index (κ2) is 12.1. The van der Waals surface area contributed by atoms with Crippen molar-refractivity contribution in [3.63, 3.8) is 0 Å². The SMILES string of the molecule is c1cc(-c2cc(-c3ccc(-c4ccncc4)cc3)nc(-c3ccc(-c4ccncc4)cc3)c2)cc(-c2cc3ccc4ccccc4n3n2)c1. The molecule has 0 amide bonds. The Bertz CT molecular complexity index is 2470. The monoisotopic (exact) mass is 627 g/mol. The average molecular weight is 628 g/mol. The van der Waals surface area contributed by atoms with Crippen LogP contribution in [0.2, 0.25) is 0 Å². The number of fused-ring (bicyclic) bond motifs is 3. The molecule has 0 aliphatic rings. The molecule has 0 aliphatic heterocycles. The standard InChI is InChI=1S/C44H29N5/c1-2-7-44-36(4-1)16-17-40-29-43(48-49(40)44)38-6-3-5-37(26-38)39-27-41(34-12-8-30(9-13-34)32-18-22-45-23-19-32)47-42(28-39)35-14-10-31(11-15-35)33-20-24-46-25-21-33/h1-29H. The molecule has 0 fully saturated rings. The number of rotatable bonds is 6. The summed E-state index contributed by atoms with van der Waals surface area (Å²) >= 11 is 0. The van der Waals surface area contributed by atoms with Crippen molar-refractivity contribution < 1.29 is 0 Å². The van der Waals surface area contributed by atoms with Crippen LogP contribution >= 0.6 is 0 Å². The maximum Gasteiger partial charge on any atom is 0.0934 e. The number of benzene rings is 4. The zero-order valence-corrected chi connectivity index (χ0v) is 26.5. The predicted octanol–water partition coefficient (Wildman–Crippen LogP) is 10.7. The molecule has 5 heteroatoms. The summed E-state index contributed by atoms with van der Waals surface area (Å²) < 4.78 is 2.03. The number of hydrogen-bond donors (Lipinski definition) is 0. The molecule has 0 saturated heterocycles. The van der Waals surface area contributed by atoms with E-state index in [0.29, 0.717) is 0 Å². The molecule has 230 valence electrons. The van der Waals surface area contributed by atoms with Gasteiger partial charge >= 0.3 is 0 Å². The van der Waals surface area contributed by atoms with Crippen LogP contribution in [0.5, 0.6) is 0 Å². The van der Waals surface area contributed by atoms with Gasteiger partial charge in [0.05, 0.1) is 28.1 Å². The van der Waals surface area contributed by atoms with E-state index >= 15 is 0 Å². The lowest BCUT2D eigenvalue weighted by Crippen LogP contribution is -1.92. The third-order valence-corrected chi connectivity index (χ3v) is 9.04. The molecule has 0 N–H and O–H groups in total. The molecule has 4 aromatic carbocycles. The van der Waals surface area contributed by atoms with Gasteiger partial charge in [0.1, 0.15) is 0 Å². The normalized spacial score (nSPS) is 11.3. The van der Waals surface area contributed by atoms with Crippen LogP contribution in [-0.2, 0) is 0 Å². The van der Waals surface area contributed by atoms with E-state index in [1.807, 2.05) is 53.6 Å². The van der Waals surface area contributed by atoms with E-state index in [2.05, 4.69) is 137 Å². The molecule has 0 spiro atoms. The number of aromatic nitrogens is 5. The molecule has 49 heavy (non-hydrogen) atoms. The lowest BCUT2D eigenvalue weighted by Gasteiger charge is -2.12. The maximum atomic E-state index is 5.21. The molecule has 5 aromatic heterocycles. The molecule has 5 nitrogen and oxygen atoms in total. The topological polar surface area (TPSA) is 56.0 Å². The van der Waals surface area contributed by atoms with Gasteiger partial charge < -0.3 is 0 Å². The van der Waals surface area contributed by atoms with Gasteiger partial charge in [-0.3, -0.25) is 9.97 Å². The molecule has 9 aromatic rings. The largest absolute Gasteiger partial charge is 0.265 e. The summed E-state index contributed by atoms with van der Waals surface area (Å²) in [6, 6.07) is 53.1. The number of nitrogens with zero attached hydrogens (tertiary/aromatic N) is 5. The van der Waals surface area contributed by atoms with Crippen LogP contribution in [0.25, 0.3) is 83.6 Å². The summed E-state index contributed by atoms with van der Waals surface area (Å²) in [5, 5.41) is 6.20. The molecule has 9 rings (SSSR count). The molecular formula is C44H29N5. The van der Waals surface area contributed by atoms with Crippen LogP contribution in [0.4, 0.5) is 0 Å². The highest BCUT2D eigenvalue weighted by Gasteiger charge is 2.13. The summed E-state index contributed by atoms with van der Waals surface area (Å²) in [7, 11) is 0. The van der Waals surface area contributed by atoms with E-state index < -0.39 is 0 Å². The Hall–Kier alpha value is -6.72. The Morgan fingerprint density at radius 3 is 1.53 bits per heavy atom. The minimum Gasteiger partial charge on any atom is -0.265 e. The van der Waals surface area contributed by atoms with Crippen molar-refractivity contribution in [2.24, 2.45) is 0 Å². The van der Waals surface area contributed by atoms with Crippen molar-refractivity contribution in [2.75, 3.05) is 0 Å². The van der Waals surface area contributed by atoms with Crippen molar-refractivity contribution in [2.45, 2.75) is 0 Å². The fourth-order valence-corrected chi connectivity index (χ4v) is 6.45. The Labute approximate surface area is 283 Å². The van der Waals surface area contributed by atoms with Gasteiger partial charge in [-0.1, -0.05) is 91.0 Å². The molecule has 5 heterocycles. The molecule has 0 bridgehead atoms. The maximum absolute atomic E-state index is 5.21. The first-order valence-electron chi connectivity index (χ1n) is 16.3. The molecule has 0 aliphatic carbocycles. The highest BCUT2D eigenvalue weighted by Crippen LogP contribution is 2.34. The van der Waals surface area contributed by atoms with Gasteiger partial charge in [-0.2, -0.15) is 5.10 Å². The van der Waals surface area contributed by atoms with Gasteiger partial charge in [-0.25, -0.2) is 9.50 Å². The molecule has 0 atom stereocenters. The first-order valence-corrected chi connectivity index (χ1v) is 16.3. The first kappa shape index (κ1) is 28.5. The molecular weight excluding hydrogens is 599 g/mol. The van der Waals surface area contributed by atoms with E-state index in [1.54, 1.807) is 0 Å². The molecule has 0 unspecified atom stereocenters. The van der Waals surface area contributed by atoms with Crippen LogP contribution in [0.1, 0.15) is 0 Å². The van der Waals surface area contributed by atoms with E-state index in [1.165, 1.54) is 0 Å². The summed E-state index contributed by atoms with van der Waals surface area (Å²) in [5.74, 6) is 0. The number of para-hydroxylation sites is 1. The second-order valence-electron chi connectivity index (χ2n) is 12.1. The summed E-state index contributed by atoms with van der Waals surface area (Å²) in [6.45, 7) is 0. The zero-order chi connectivity index (χ0) is 32.6. The Morgan fingerprint density at radius 1 is 0.347 bits per heavy atom. The second-order valence-corrected chi connectivity index (χ2v) is 12.1. The first-order chi connectivity index (χ1) is 24.2. The van der Waals surface area contributed by atoms with E-state index in [9.17, 15) is 0 Å². The van der Waals surface area contributed by atoms with Crippen molar-refractivity contribution in [1.82, 2.24) is 24.6 Å². The van der Waals surface area contributed by atoms with Crippen LogP contribution in [-0.4, -0.2) is 24.6 Å². The van der Waals surface area contributed by atoms with Gasteiger partial charge in [0.25, 0.3) is 0 Å².